The summed E-state index contributed by atoms with van der Waals surface area (Å²) in [5, 5.41) is 2.79. The van der Waals surface area contributed by atoms with E-state index in [2.05, 4.69) is 16.6 Å². The molecule has 0 aromatic heterocycles. The van der Waals surface area contributed by atoms with Crippen LogP contribution in [-0.4, -0.2) is 40.1 Å². The number of benzene rings is 1. The molecule has 0 aliphatic carbocycles. The van der Waals surface area contributed by atoms with Crippen LogP contribution in [0.1, 0.15) is 23.2 Å². The third-order valence-corrected chi connectivity index (χ3v) is 4.80. The largest absolute Gasteiger partial charge is 0.376 e. The highest BCUT2D eigenvalue weighted by Gasteiger charge is 2.17. The van der Waals surface area contributed by atoms with Crippen LogP contribution >= 0.6 is 0 Å². The van der Waals surface area contributed by atoms with E-state index in [0.717, 1.165) is 19.4 Å². The molecule has 1 fully saturated rings. The van der Waals surface area contributed by atoms with Crippen molar-refractivity contribution >= 4 is 15.9 Å². The summed E-state index contributed by atoms with van der Waals surface area (Å²) in [7, 11) is -3.56. The maximum absolute atomic E-state index is 12.0. The van der Waals surface area contributed by atoms with E-state index < -0.39 is 10.0 Å². The molecule has 1 saturated heterocycles. The van der Waals surface area contributed by atoms with Crippen molar-refractivity contribution in [2.45, 2.75) is 23.8 Å². The Bertz CT molecular complexity index is 619. The van der Waals surface area contributed by atoms with Gasteiger partial charge in [0.2, 0.25) is 10.0 Å². The summed E-state index contributed by atoms with van der Waals surface area (Å²) in [6.45, 7) is 4.83. The molecule has 7 heteroatoms. The van der Waals surface area contributed by atoms with Crippen molar-refractivity contribution in [1.29, 1.82) is 0 Å². The number of sulfonamides is 1. The van der Waals surface area contributed by atoms with Gasteiger partial charge in [0.25, 0.3) is 5.91 Å². The predicted molar refractivity (Wildman–Crippen MR) is 83.1 cm³/mol. The Kier molecular flexibility index (Phi) is 5.70. The quantitative estimate of drug-likeness (QED) is 0.735. The van der Waals surface area contributed by atoms with Crippen LogP contribution in [0.15, 0.2) is 41.8 Å². The van der Waals surface area contributed by atoms with E-state index in [-0.39, 0.29) is 23.5 Å². The zero-order valence-corrected chi connectivity index (χ0v) is 13.1. The van der Waals surface area contributed by atoms with Crippen molar-refractivity contribution in [2.75, 3.05) is 19.7 Å². The van der Waals surface area contributed by atoms with Crippen LogP contribution in [0.3, 0.4) is 0 Å². The highest BCUT2D eigenvalue weighted by Crippen LogP contribution is 2.12. The van der Waals surface area contributed by atoms with Gasteiger partial charge in [-0.1, -0.05) is 6.08 Å². The molecule has 2 N–H and O–H groups in total. The Balaban J connectivity index is 1.95. The lowest BCUT2D eigenvalue weighted by molar-refractivity contribution is 0.0857. The molecule has 1 aliphatic rings. The zero-order valence-electron chi connectivity index (χ0n) is 12.2. The first-order valence-electron chi connectivity index (χ1n) is 7.13. The summed E-state index contributed by atoms with van der Waals surface area (Å²) in [5.74, 6) is -0.238. The van der Waals surface area contributed by atoms with Gasteiger partial charge in [-0.25, -0.2) is 13.1 Å². The topological polar surface area (TPSA) is 84.5 Å². The standard InChI is InChI=1S/C15H20N2O4S/c1-2-9-17-22(19,20)14-7-5-12(6-8-14)15(18)16-11-13-4-3-10-21-13/h2,5-8,13,17H,1,3-4,9-11H2,(H,16,18)/t13-/m0/s1. The second-order valence-electron chi connectivity index (χ2n) is 5.01. The normalized spacial score (nSPS) is 18.1. The average molecular weight is 324 g/mol. The third-order valence-electron chi connectivity index (χ3n) is 3.36. The molecular formula is C15H20N2O4S. The Morgan fingerprint density at radius 2 is 2.09 bits per heavy atom. The number of carbonyl (C=O) groups excluding carboxylic acids is 1. The minimum atomic E-state index is -3.56. The summed E-state index contributed by atoms with van der Waals surface area (Å²) in [5.41, 5.74) is 0.417. The number of carbonyl (C=O) groups is 1. The molecule has 1 heterocycles. The van der Waals surface area contributed by atoms with Gasteiger partial charge in [0.15, 0.2) is 0 Å². The zero-order chi connectivity index (χ0) is 16.0. The van der Waals surface area contributed by atoms with Crippen LogP contribution in [-0.2, 0) is 14.8 Å². The predicted octanol–water partition coefficient (Wildman–Crippen LogP) is 1.06. The smallest absolute Gasteiger partial charge is 0.251 e. The lowest BCUT2D eigenvalue weighted by Crippen LogP contribution is -2.31. The summed E-state index contributed by atoms with van der Waals surface area (Å²) in [6, 6.07) is 5.80. The first kappa shape index (κ1) is 16.7. The summed E-state index contributed by atoms with van der Waals surface area (Å²) < 4.78 is 31.6. The van der Waals surface area contributed by atoms with Crippen LogP contribution in [0.2, 0.25) is 0 Å². The molecule has 1 atom stereocenters. The van der Waals surface area contributed by atoms with Gasteiger partial charge in [0.1, 0.15) is 0 Å². The van der Waals surface area contributed by atoms with Crippen molar-refractivity contribution in [2.24, 2.45) is 0 Å². The van der Waals surface area contributed by atoms with Gasteiger partial charge >= 0.3 is 0 Å². The maximum atomic E-state index is 12.0. The monoisotopic (exact) mass is 324 g/mol. The van der Waals surface area contributed by atoms with Crippen molar-refractivity contribution in [3.8, 4) is 0 Å². The molecule has 1 aromatic rings. The molecule has 1 aliphatic heterocycles. The number of hydrogen-bond acceptors (Lipinski definition) is 4. The molecule has 6 nitrogen and oxygen atoms in total. The van der Waals surface area contributed by atoms with E-state index in [1.54, 1.807) is 0 Å². The summed E-state index contributed by atoms with van der Waals surface area (Å²) in [4.78, 5) is 12.1. The Labute approximate surface area is 130 Å². The van der Waals surface area contributed by atoms with Crippen LogP contribution in [0.25, 0.3) is 0 Å². The van der Waals surface area contributed by atoms with E-state index in [0.29, 0.717) is 12.1 Å². The van der Waals surface area contributed by atoms with Gasteiger partial charge in [-0.3, -0.25) is 4.79 Å². The highest BCUT2D eigenvalue weighted by molar-refractivity contribution is 7.89. The van der Waals surface area contributed by atoms with E-state index in [1.807, 2.05) is 0 Å². The van der Waals surface area contributed by atoms with Gasteiger partial charge in [-0.2, -0.15) is 0 Å². The number of rotatable bonds is 7. The van der Waals surface area contributed by atoms with Gasteiger partial charge in [-0.15, -0.1) is 6.58 Å². The fraction of sp³-hybridized carbons (Fsp3) is 0.400. The Morgan fingerprint density at radius 3 is 2.68 bits per heavy atom. The van der Waals surface area contributed by atoms with E-state index in [9.17, 15) is 13.2 Å². The molecule has 0 spiro atoms. The fourth-order valence-electron chi connectivity index (χ4n) is 2.15. The van der Waals surface area contributed by atoms with Gasteiger partial charge < -0.3 is 10.1 Å². The molecule has 0 saturated carbocycles. The van der Waals surface area contributed by atoms with Crippen LogP contribution in [0.5, 0.6) is 0 Å². The van der Waals surface area contributed by atoms with Crippen LogP contribution in [0, 0.1) is 0 Å². The molecule has 0 unspecified atom stereocenters. The van der Waals surface area contributed by atoms with Gasteiger partial charge in [0, 0.05) is 25.3 Å². The van der Waals surface area contributed by atoms with Gasteiger partial charge in [-0.05, 0) is 37.1 Å². The number of hydrogen-bond donors (Lipinski definition) is 2. The fourth-order valence-corrected chi connectivity index (χ4v) is 3.15. The third kappa shape index (κ3) is 4.40. The van der Waals surface area contributed by atoms with Crippen molar-refractivity contribution in [3.05, 3.63) is 42.5 Å². The first-order chi connectivity index (χ1) is 10.5. The highest BCUT2D eigenvalue weighted by atomic mass is 32.2. The molecule has 0 bridgehead atoms. The van der Waals surface area contributed by atoms with E-state index in [4.69, 9.17) is 4.74 Å². The number of nitrogens with one attached hydrogen (secondary N) is 2. The first-order valence-corrected chi connectivity index (χ1v) is 8.61. The Hall–Kier alpha value is -1.70. The molecule has 1 aromatic carbocycles. The molecule has 2 rings (SSSR count). The SMILES string of the molecule is C=CCNS(=O)(=O)c1ccc(C(=O)NC[C@@H]2CCCO2)cc1. The van der Waals surface area contributed by atoms with Crippen molar-refractivity contribution < 1.29 is 17.9 Å². The molecule has 120 valence electrons. The molecular weight excluding hydrogens is 304 g/mol. The minimum absolute atomic E-state index is 0.0757. The second kappa shape index (κ2) is 7.53. The summed E-state index contributed by atoms with van der Waals surface area (Å²) >= 11 is 0. The minimum Gasteiger partial charge on any atom is -0.376 e. The average Bonchev–Trinajstić information content (AvgIpc) is 3.04. The second-order valence-corrected chi connectivity index (χ2v) is 6.78. The molecule has 22 heavy (non-hydrogen) atoms. The van der Waals surface area contributed by atoms with Crippen molar-refractivity contribution in [3.63, 3.8) is 0 Å². The summed E-state index contributed by atoms with van der Waals surface area (Å²) in [6.07, 6.45) is 3.51. The molecule has 1 amide bonds. The van der Waals surface area contributed by atoms with E-state index in [1.165, 1.54) is 30.3 Å². The van der Waals surface area contributed by atoms with Crippen LogP contribution in [0.4, 0.5) is 0 Å². The molecule has 0 radical (unpaired) electrons. The maximum Gasteiger partial charge on any atom is 0.251 e. The van der Waals surface area contributed by atoms with Gasteiger partial charge in [0.05, 0.1) is 11.0 Å². The van der Waals surface area contributed by atoms with Crippen LogP contribution < -0.4 is 10.0 Å². The lowest BCUT2D eigenvalue weighted by Gasteiger charge is -2.11. The van der Waals surface area contributed by atoms with E-state index >= 15 is 0 Å². The number of amides is 1. The number of ether oxygens (including phenoxy) is 1. The Morgan fingerprint density at radius 1 is 1.36 bits per heavy atom. The van der Waals surface area contributed by atoms with Crippen molar-refractivity contribution in [1.82, 2.24) is 10.0 Å². The lowest BCUT2D eigenvalue weighted by atomic mass is 10.2.